The molecule has 0 fully saturated rings. The van der Waals surface area contributed by atoms with Crippen LogP contribution >= 0.6 is 0 Å². The molecule has 6 heteroatoms. The van der Waals surface area contributed by atoms with Crippen molar-refractivity contribution in [2.45, 2.75) is 26.2 Å². The highest BCUT2D eigenvalue weighted by Crippen LogP contribution is 2.23. The van der Waals surface area contributed by atoms with Crippen LogP contribution in [0.25, 0.3) is 0 Å². The second kappa shape index (κ2) is 7.38. The molecule has 0 aromatic heterocycles. The molecule has 1 aromatic rings. The fraction of sp³-hybridized carbons (Fsp3) is 0.385. The van der Waals surface area contributed by atoms with Crippen LogP contribution in [0.5, 0.6) is 5.75 Å². The van der Waals surface area contributed by atoms with Crippen molar-refractivity contribution in [2.75, 3.05) is 12.5 Å². The second-order valence-corrected chi connectivity index (χ2v) is 4.11. The summed E-state index contributed by atoms with van der Waals surface area (Å²) in [5, 5.41) is 14.7. The number of rotatable bonds is 6. The predicted molar refractivity (Wildman–Crippen MR) is 76.0 cm³/mol. The number of ether oxygens (including phenoxy) is 2. The first-order valence-electron chi connectivity index (χ1n) is 6.00. The molecule has 0 aliphatic carbocycles. The number of aryl methyl sites for hydroxylation is 1. The van der Waals surface area contributed by atoms with E-state index in [0.29, 0.717) is 6.42 Å². The molecule has 104 valence electrons. The number of hydrazine groups is 1. The molecule has 0 spiro atoms. The summed E-state index contributed by atoms with van der Waals surface area (Å²) in [6.07, 6.45) is 1.98. The standard InChI is InChI=1S/C13H20N4O2/c1-9(14)19-13(15)5-3-4-10-8-11(17-16)6-7-12(10)18-2/h6-8,14-15,17H,3-5,16H2,1-2H3. The van der Waals surface area contributed by atoms with Crippen LogP contribution < -0.4 is 16.0 Å². The van der Waals surface area contributed by atoms with Gasteiger partial charge in [-0.25, -0.2) is 0 Å². The first kappa shape index (κ1) is 15.0. The normalized spacial score (nSPS) is 9.84. The Hall–Kier alpha value is -2.08. The first-order chi connectivity index (χ1) is 9.06. The van der Waals surface area contributed by atoms with Gasteiger partial charge in [-0.15, -0.1) is 0 Å². The molecule has 6 nitrogen and oxygen atoms in total. The van der Waals surface area contributed by atoms with Crippen LogP contribution in [0.15, 0.2) is 18.2 Å². The van der Waals surface area contributed by atoms with E-state index in [2.05, 4.69) is 5.43 Å². The maximum absolute atomic E-state index is 7.54. The van der Waals surface area contributed by atoms with Gasteiger partial charge in [-0.1, -0.05) is 0 Å². The third kappa shape index (κ3) is 4.97. The van der Waals surface area contributed by atoms with E-state index >= 15 is 0 Å². The van der Waals surface area contributed by atoms with Crippen LogP contribution in [0.2, 0.25) is 0 Å². The first-order valence-corrected chi connectivity index (χ1v) is 6.00. The summed E-state index contributed by atoms with van der Waals surface area (Å²) >= 11 is 0. The number of methoxy groups -OCH3 is 1. The van der Waals surface area contributed by atoms with Crippen LogP contribution in [-0.4, -0.2) is 18.9 Å². The summed E-state index contributed by atoms with van der Waals surface area (Å²) in [5.41, 5.74) is 4.44. The number of hydrogen-bond acceptors (Lipinski definition) is 6. The number of benzene rings is 1. The maximum Gasteiger partial charge on any atom is 0.189 e. The van der Waals surface area contributed by atoms with Crippen molar-refractivity contribution < 1.29 is 9.47 Å². The van der Waals surface area contributed by atoms with Crippen LogP contribution in [0.3, 0.4) is 0 Å². The van der Waals surface area contributed by atoms with Gasteiger partial charge in [0.05, 0.1) is 7.11 Å². The lowest BCUT2D eigenvalue weighted by molar-refractivity contribution is 0.409. The van der Waals surface area contributed by atoms with Crippen LogP contribution in [0.1, 0.15) is 25.3 Å². The van der Waals surface area contributed by atoms with Crippen LogP contribution in [-0.2, 0) is 11.2 Å². The van der Waals surface area contributed by atoms with Gasteiger partial charge in [0.2, 0.25) is 0 Å². The van der Waals surface area contributed by atoms with Crippen molar-refractivity contribution in [3.63, 3.8) is 0 Å². The number of nitrogens with one attached hydrogen (secondary N) is 3. The predicted octanol–water partition coefficient (Wildman–Crippen LogP) is 2.29. The summed E-state index contributed by atoms with van der Waals surface area (Å²) in [6.45, 7) is 1.51. The Morgan fingerprint density at radius 2 is 2.11 bits per heavy atom. The van der Waals surface area contributed by atoms with Crippen molar-refractivity contribution in [3.05, 3.63) is 23.8 Å². The minimum Gasteiger partial charge on any atom is -0.496 e. The second-order valence-electron chi connectivity index (χ2n) is 4.11. The van der Waals surface area contributed by atoms with Gasteiger partial charge in [-0.2, -0.15) is 0 Å². The van der Waals surface area contributed by atoms with Gasteiger partial charge in [0.25, 0.3) is 0 Å². The average molecular weight is 264 g/mol. The maximum atomic E-state index is 7.54. The summed E-state index contributed by atoms with van der Waals surface area (Å²) in [6, 6.07) is 5.62. The number of anilines is 1. The zero-order chi connectivity index (χ0) is 14.3. The van der Waals surface area contributed by atoms with Gasteiger partial charge >= 0.3 is 0 Å². The largest absolute Gasteiger partial charge is 0.496 e. The third-order valence-electron chi connectivity index (χ3n) is 2.57. The van der Waals surface area contributed by atoms with Gasteiger partial charge in [0, 0.05) is 19.0 Å². The van der Waals surface area contributed by atoms with E-state index in [0.717, 1.165) is 29.8 Å². The van der Waals surface area contributed by atoms with E-state index in [1.54, 1.807) is 7.11 Å². The molecule has 0 radical (unpaired) electrons. The fourth-order valence-corrected chi connectivity index (χ4v) is 1.74. The topological polar surface area (TPSA) is 104 Å². The molecule has 0 amide bonds. The monoisotopic (exact) mass is 264 g/mol. The number of nitrogens with two attached hydrogens (primary N) is 1. The van der Waals surface area contributed by atoms with Crippen molar-refractivity contribution in [3.8, 4) is 5.75 Å². The molecular formula is C13H20N4O2. The Morgan fingerprint density at radius 1 is 1.37 bits per heavy atom. The van der Waals surface area contributed by atoms with Crippen LogP contribution in [0, 0.1) is 10.8 Å². The molecule has 0 heterocycles. The zero-order valence-corrected chi connectivity index (χ0v) is 11.2. The summed E-state index contributed by atoms with van der Waals surface area (Å²) in [5.74, 6) is 6.32. The average Bonchev–Trinajstić information content (AvgIpc) is 2.37. The van der Waals surface area contributed by atoms with E-state index in [9.17, 15) is 0 Å². The lowest BCUT2D eigenvalue weighted by Crippen LogP contribution is -2.08. The molecule has 5 N–H and O–H groups in total. The Bertz CT molecular complexity index is 460. The van der Waals surface area contributed by atoms with E-state index in [-0.39, 0.29) is 11.8 Å². The molecule has 1 rings (SSSR count). The lowest BCUT2D eigenvalue weighted by atomic mass is 10.1. The third-order valence-corrected chi connectivity index (χ3v) is 2.57. The molecule has 0 saturated heterocycles. The Labute approximate surface area is 112 Å². The minimum atomic E-state index is 0.0388. The van der Waals surface area contributed by atoms with Gasteiger partial charge in [-0.3, -0.25) is 16.7 Å². The van der Waals surface area contributed by atoms with Gasteiger partial charge in [0.15, 0.2) is 11.8 Å². The lowest BCUT2D eigenvalue weighted by Gasteiger charge is -2.11. The Kier molecular flexibility index (Phi) is 5.81. The summed E-state index contributed by atoms with van der Waals surface area (Å²) < 4.78 is 10.2. The molecule has 0 bridgehead atoms. The number of hydrogen-bond donors (Lipinski definition) is 4. The van der Waals surface area contributed by atoms with E-state index in [1.165, 1.54) is 6.92 Å². The SMILES string of the molecule is COc1ccc(NN)cc1CCCC(=N)OC(C)=N. The van der Waals surface area contributed by atoms with E-state index < -0.39 is 0 Å². The highest BCUT2D eigenvalue weighted by molar-refractivity contribution is 5.87. The highest BCUT2D eigenvalue weighted by atomic mass is 16.5. The summed E-state index contributed by atoms with van der Waals surface area (Å²) in [4.78, 5) is 0. The van der Waals surface area contributed by atoms with E-state index in [1.807, 2.05) is 18.2 Å². The number of nitrogen functional groups attached to an aromatic ring is 1. The van der Waals surface area contributed by atoms with Gasteiger partial charge < -0.3 is 14.9 Å². The fourth-order valence-electron chi connectivity index (χ4n) is 1.74. The minimum absolute atomic E-state index is 0.0388. The van der Waals surface area contributed by atoms with Crippen molar-refractivity contribution in [1.82, 2.24) is 0 Å². The van der Waals surface area contributed by atoms with Gasteiger partial charge in [-0.05, 0) is 36.6 Å². The van der Waals surface area contributed by atoms with Crippen molar-refractivity contribution in [2.24, 2.45) is 5.84 Å². The molecule has 0 atom stereocenters. The summed E-state index contributed by atoms with van der Waals surface area (Å²) in [7, 11) is 1.62. The quantitative estimate of drug-likeness (QED) is 0.274. The molecule has 19 heavy (non-hydrogen) atoms. The van der Waals surface area contributed by atoms with Crippen LogP contribution in [0.4, 0.5) is 5.69 Å². The molecule has 0 aliphatic heterocycles. The van der Waals surface area contributed by atoms with Crippen molar-refractivity contribution >= 4 is 17.5 Å². The smallest absolute Gasteiger partial charge is 0.189 e. The van der Waals surface area contributed by atoms with E-state index in [4.69, 9.17) is 26.1 Å². The molecule has 0 aliphatic rings. The zero-order valence-electron chi connectivity index (χ0n) is 11.2. The molecular weight excluding hydrogens is 244 g/mol. The van der Waals surface area contributed by atoms with Gasteiger partial charge in [0.1, 0.15) is 5.75 Å². The highest BCUT2D eigenvalue weighted by Gasteiger charge is 2.06. The molecule has 1 aromatic carbocycles. The Morgan fingerprint density at radius 3 is 2.68 bits per heavy atom. The molecule has 0 saturated carbocycles. The molecule has 0 unspecified atom stereocenters. The van der Waals surface area contributed by atoms with Crippen molar-refractivity contribution in [1.29, 1.82) is 10.8 Å². The Balaban J connectivity index is 2.56.